The van der Waals surface area contributed by atoms with Gasteiger partial charge in [0.25, 0.3) is 5.91 Å². The fraction of sp³-hybridized carbons (Fsp3) is 0.500. The molecule has 1 saturated heterocycles. The van der Waals surface area contributed by atoms with E-state index >= 15 is 0 Å². The van der Waals surface area contributed by atoms with E-state index < -0.39 is 35.1 Å². The highest BCUT2D eigenvalue weighted by molar-refractivity contribution is 7.89. The van der Waals surface area contributed by atoms with E-state index in [0.29, 0.717) is 19.3 Å². The first-order valence-corrected chi connectivity index (χ1v) is 11.6. The molecule has 3 amide bonds. The van der Waals surface area contributed by atoms with Crippen molar-refractivity contribution in [2.24, 2.45) is 17.0 Å². The van der Waals surface area contributed by atoms with Crippen LogP contribution in [-0.2, 0) is 40.4 Å². The van der Waals surface area contributed by atoms with Crippen LogP contribution in [0.15, 0.2) is 29.2 Å². The summed E-state index contributed by atoms with van der Waals surface area (Å²) in [6, 6.07) is 5.94. The first-order chi connectivity index (χ1) is 14.7. The maximum atomic E-state index is 12.4. The number of nitrogens with one attached hydrogen (secondary N) is 1. The average molecular weight is 452 g/mol. The van der Waals surface area contributed by atoms with Crippen molar-refractivity contribution in [3.05, 3.63) is 29.8 Å². The number of benzene rings is 1. The summed E-state index contributed by atoms with van der Waals surface area (Å²) in [4.78, 5) is 49.5. The Labute approximate surface area is 180 Å². The van der Waals surface area contributed by atoms with E-state index in [2.05, 4.69) is 5.32 Å². The van der Waals surface area contributed by atoms with Gasteiger partial charge in [-0.3, -0.25) is 24.1 Å². The number of carbonyl (C=O) groups is 4. The summed E-state index contributed by atoms with van der Waals surface area (Å²) in [5.74, 6) is -2.67. The second kappa shape index (κ2) is 9.56. The topological polar surface area (TPSA) is 153 Å². The number of primary sulfonamides is 1. The number of fused-ring (bicyclic) bond motifs is 1. The van der Waals surface area contributed by atoms with Crippen molar-refractivity contribution in [1.82, 2.24) is 10.2 Å². The van der Waals surface area contributed by atoms with Gasteiger partial charge in [-0.2, -0.15) is 0 Å². The Kier molecular flexibility index (Phi) is 7.06. The van der Waals surface area contributed by atoms with Crippen LogP contribution in [-0.4, -0.2) is 56.7 Å². The van der Waals surface area contributed by atoms with Gasteiger partial charge in [0.15, 0.2) is 6.61 Å². The van der Waals surface area contributed by atoms with Crippen LogP contribution < -0.4 is 10.5 Å². The maximum Gasteiger partial charge on any atom is 0.326 e. The van der Waals surface area contributed by atoms with Gasteiger partial charge in [0.05, 0.1) is 16.7 Å². The fourth-order valence-electron chi connectivity index (χ4n) is 3.95. The number of sulfonamides is 1. The van der Waals surface area contributed by atoms with Crippen molar-refractivity contribution in [3.63, 3.8) is 0 Å². The molecule has 0 bridgehead atoms. The normalized spacial score (nSPS) is 21.0. The fourth-order valence-corrected chi connectivity index (χ4v) is 4.47. The number of ether oxygens (including phenoxy) is 1. The van der Waals surface area contributed by atoms with Crippen LogP contribution in [0.4, 0.5) is 0 Å². The van der Waals surface area contributed by atoms with Crippen LogP contribution in [0.25, 0.3) is 0 Å². The monoisotopic (exact) mass is 451 g/mol. The highest BCUT2D eigenvalue weighted by Crippen LogP contribution is 2.37. The summed E-state index contributed by atoms with van der Waals surface area (Å²) in [5.41, 5.74) is 0.789. The number of hydrogen-bond acceptors (Lipinski definition) is 7. The Bertz CT molecular complexity index is 951. The van der Waals surface area contributed by atoms with Crippen LogP contribution in [0.5, 0.6) is 0 Å². The van der Waals surface area contributed by atoms with Gasteiger partial charge in [0, 0.05) is 6.54 Å². The van der Waals surface area contributed by atoms with E-state index in [1.165, 1.54) is 12.1 Å². The van der Waals surface area contributed by atoms with E-state index in [4.69, 9.17) is 9.88 Å². The first kappa shape index (κ1) is 22.9. The van der Waals surface area contributed by atoms with Crippen molar-refractivity contribution in [2.75, 3.05) is 19.7 Å². The Hall–Kier alpha value is -2.79. The summed E-state index contributed by atoms with van der Waals surface area (Å²) < 4.78 is 27.3. The molecule has 1 aliphatic heterocycles. The largest absolute Gasteiger partial charge is 0.454 e. The van der Waals surface area contributed by atoms with Crippen LogP contribution >= 0.6 is 0 Å². The lowest BCUT2D eigenvalue weighted by Gasteiger charge is -2.19. The summed E-state index contributed by atoms with van der Waals surface area (Å²) >= 11 is 0. The molecule has 1 heterocycles. The SMILES string of the molecule is NS(=O)(=O)c1ccc(CCNC(=O)COC(=O)CN2C(=O)[C@@H]3CCCC[C@H]3C2=O)cc1. The zero-order valence-corrected chi connectivity index (χ0v) is 17.7. The van der Waals surface area contributed by atoms with Gasteiger partial charge in [-0.25, -0.2) is 13.6 Å². The Balaban J connectivity index is 1.38. The molecule has 1 aromatic carbocycles. The molecule has 2 aliphatic rings. The minimum absolute atomic E-state index is 0.00131. The van der Waals surface area contributed by atoms with Crippen molar-refractivity contribution < 1.29 is 32.3 Å². The van der Waals surface area contributed by atoms with Gasteiger partial charge >= 0.3 is 5.97 Å². The van der Waals surface area contributed by atoms with E-state index in [1.54, 1.807) is 12.1 Å². The van der Waals surface area contributed by atoms with Crippen molar-refractivity contribution >= 4 is 33.7 Å². The third kappa shape index (κ3) is 5.67. The summed E-state index contributed by atoms with van der Waals surface area (Å²) in [7, 11) is -3.75. The first-order valence-electron chi connectivity index (χ1n) is 10.1. The number of nitrogens with zero attached hydrogens (tertiary/aromatic N) is 1. The Morgan fingerprint density at radius 2 is 1.65 bits per heavy atom. The molecule has 2 fully saturated rings. The Morgan fingerprint density at radius 1 is 1.06 bits per heavy atom. The molecule has 10 nitrogen and oxygen atoms in total. The zero-order chi connectivity index (χ0) is 22.6. The quantitative estimate of drug-likeness (QED) is 0.407. The van der Waals surface area contributed by atoms with Gasteiger partial charge in [0.1, 0.15) is 6.54 Å². The molecule has 0 radical (unpaired) electrons. The van der Waals surface area contributed by atoms with Crippen LogP contribution in [0.3, 0.4) is 0 Å². The van der Waals surface area contributed by atoms with Crippen LogP contribution in [0.1, 0.15) is 31.2 Å². The number of esters is 1. The number of carbonyl (C=O) groups excluding carboxylic acids is 4. The van der Waals surface area contributed by atoms with Gasteiger partial charge < -0.3 is 10.1 Å². The van der Waals surface area contributed by atoms with Crippen molar-refractivity contribution in [3.8, 4) is 0 Å². The van der Waals surface area contributed by atoms with Gasteiger partial charge in [-0.15, -0.1) is 0 Å². The smallest absolute Gasteiger partial charge is 0.326 e. The lowest BCUT2D eigenvalue weighted by molar-refractivity contribution is -0.154. The molecule has 0 aromatic heterocycles. The van der Waals surface area contributed by atoms with Gasteiger partial charge in [-0.1, -0.05) is 25.0 Å². The Morgan fingerprint density at radius 3 is 2.19 bits per heavy atom. The van der Waals surface area contributed by atoms with Crippen molar-refractivity contribution in [1.29, 1.82) is 0 Å². The molecular formula is C20H25N3O7S. The number of rotatable bonds is 8. The molecule has 0 unspecified atom stereocenters. The minimum Gasteiger partial charge on any atom is -0.454 e. The molecule has 0 spiro atoms. The second-order valence-electron chi connectivity index (χ2n) is 7.71. The maximum absolute atomic E-state index is 12.4. The standard InChI is InChI=1S/C20H25N3O7S/c21-31(28,29)14-7-5-13(6-8-14)9-10-22-17(24)12-30-18(25)11-23-19(26)15-3-1-2-4-16(15)20(23)27/h5-8,15-16H,1-4,9-12H2,(H,22,24)(H2,21,28,29)/t15-,16-/m1/s1. The molecule has 31 heavy (non-hydrogen) atoms. The summed E-state index contributed by atoms with van der Waals surface area (Å²) in [5, 5.41) is 7.61. The van der Waals surface area contributed by atoms with Crippen molar-refractivity contribution in [2.45, 2.75) is 37.0 Å². The van der Waals surface area contributed by atoms with E-state index in [0.717, 1.165) is 23.3 Å². The van der Waals surface area contributed by atoms with E-state index in [9.17, 15) is 27.6 Å². The third-order valence-electron chi connectivity index (χ3n) is 5.57. The van der Waals surface area contributed by atoms with Crippen LogP contribution in [0, 0.1) is 11.8 Å². The number of hydrogen-bond donors (Lipinski definition) is 2. The van der Waals surface area contributed by atoms with E-state index in [-0.39, 0.29) is 35.1 Å². The number of imide groups is 1. The molecule has 1 aliphatic carbocycles. The molecule has 11 heteroatoms. The minimum atomic E-state index is -3.75. The molecule has 3 rings (SSSR count). The predicted molar refractivity (Wildman–Crippen MR) is 108 cm³/mol. The highest BCUT2D eigenvalue weighted by atomic mass is 32.2. The molecular weight excluding hydrogens is 426 g/mol. The second-order valence-corrected chi connectivity index (χ2v) is 9.27. The number of nitrogens with two attached hydrogens (primary N) is 1. The lowest BCUT2D eigenvalue weighted by Crippen LogP contribution is -2.38. The van der Waals surface area contributed by atoms with E-state index in [1.807, 2.05) is 0 Å². The molecule has 1 aromatic rings. The third-order valence-corrected chi connectivity index (χ3v) is 6.50. The number of amides is 3. The zero-order valence-electron chi connectivity index (χ0n) is 16.9. The summed E-state index contributed by atoms with van der Waals surface area (Å²) in [6.07, 6.45) is 3.55. The summed E-state index contributed by atoms with van der Waals surface area (Å²) in [6.45, 7) is -0.752. The highest BCUT2D eigenvalue weighted by Gasteiger charge is 2.48. The molecule has 2 atom stereocenters. The molecule has 3 N–H and O–H groups in total. The van der Waals surface area contributed by atoms with Crippen LogP contribution in [0.2, 0.25) is 0 Å². The number of likely N-dealkylation sites (tertiary alicyclic amines) is 1. The van der Waals surface area contributed by atoms with Gasteiger partial charge in [0.2, 0.25) is 21.8 Å². The van der Waals surface area contributed by atoms with Gasteiger partial charge in [-0.05, 0) is 37.0 Å². The molecule has 168 valence electrons. The predicted octanol–water partition coefficient (Wildman–Crippen LogP) is -0.289. The molecule has 1 saturated carbocycles. The average Bonchev–Trinajstić information content (AvgIpc) is 2.97. The lowest BCUT2D eigenvalue weighted by atomic mass is 9.81.